The van der Waals surface area contributed by atoms with Crippen molar-refractivity contribution < 1.29 is 18.0 Å². The van der Waals surface area contributed by atoms with Crippen molar-refractivity contribution in [3.8, 4) is 0 Å². The van der Waals surface area contributed by atoms with Crippen LogP contribution in [0, 0.1) is 6.92 Å². The largest absolute Gasteiger partial charge is 0.435 e. The van der Waals surface area contributed by atoms with E-state index in [0.29, 0.717) is 18.3 Å². The van der Waals surface area contributed by atoms with Crippen LogP contribution in [0.2, 0.25) is 0 Å². The number of carbonyl (C=O) groups is 1. The van der Waals surface area contributed by atoms with E-state index in [0.717, 1.165) is 32.2 Å². The van der Waals surface area contributed by atoms with Crippen LogP contribution in [0.25, 0.3) is 0 Å². The number of nitrogens with one attached hydrogen (secondary N) is 1. The molecule has 1 saturated carbocycles. The van der Waals surface area contributed by atoms with E-state index < -0.39 is 17.8 Å². The first-order valence-corrected chi connectivity index (χ1v) is 8.89. The van der Waals surface area contributed by atoms with Crippen molar-refractivity contribution in [2.24, 2.45) is 0 Å². The second-order valence-corrected chi connectivity index (χ2v) is 7.38. The molecular formula is C17H25F3N4O. The molecule has 0 radical (unpaired) electrons. The van der Waals surface area contributed by atoms with Gasteiger partial charge in [0, 0.05) is 24.3 Å². The molecule has 2 aliphatic rings. The average Bonchev–Trinajstić information content (AvgIpc) is 3.26. The van der Waals surface area contributed by atoms with E-state index in [1.165, 1.54) is 4.68 Å². The molecule has 1 aromatic heterocycles. The number of piperidine rings is 1. The molecule has 1 aliphatic carbocycles. The topological polar surface area (TPSA) is 50.2 Å². The number of hydrogen-bond acceptors (Lipinski definition) is 3. The molecule has 1 aliphatic heterocycles. The van der Waals surface area contributed by atoms with Gasteiger partial charge in [0.15, 0.2) is 5.69 Å². The molecule has 140 valence electrons. The molecule has 1 amide bonds. The summed E-state index contributed by atoms with van der Waals surface area (Å²) in [5.41, 5.74) is -1.08. The maximum absolute atomic E-state index is 13.5. The van der Waals surface area contributed by atoms with Crippen molar-refractivity contribution in [2.75, 3.05) is 13.1 Å². The lowest BCUT2D eigenvalue weighted by Gasteiger charge is -2.35. The molecule has 2 fully saturated rings. The fourth-order valence-corrected chi connectivity index (χ4v) is 3.48. The van der Waals surface area contributed by atoms with Gasteiger partial charge in [-0.1, -0.05) is 0 Å². The van der Waals surface area contributed by atoms with Crippen molar-refractivity contribution in [1.82, 2.24) is 20.0 Å². The molecule has 1 N–H and O–H groups in total. The molecular weight excluding hydrogens is 333 g/mol. The Morgan fingerprint density at radius 1 is 1.28 bits per heavy atom. The number of nitrogens with zero attached hydrogens (tertiary/aromatic N) is 3. The van der Waals surface area contributed by atoms with Crippen LogP contribution >= 0.6 is 0 Å². The van der Waals surface area contributed by atoms with E-state index in [1.807, 2.05) is 0 Å². The van der Waals surface area contributed by atoms with E-state index in [2.05, 4.69) is 29.2 Å². The van der Waals surface area contributed by atoms with Crippen LogP contribution in [-0.4, -0.2) is 45.8 Å². The zero-order valence-corrected chi connectivity index (χ0v) is 14.9. The molecule has 0 spiro atoms. The summed E-state index contributed by atoms with van der Waals surface area (Å²) >= 11 is 0. The Kier molecular flexibility index (Phi) is 4.83. The van der Waals surface area contributed by atoms with Crippen LogP contribution in [0.3, 0.4) is 0 Å². The average molecular weight is 358 g/mol. The summed E-state index contributed by atoms with van der Waals surface area (Å²) in [7, 11) is 0. The highest BCUT2D eigenvalue weighted by Crippen LogP contribution is 2.35. The first-order chi connectivity index (χ1) is 11.7. The van der Waals surface area contributed by atoms with E-state index in [-0.39, 0.29) is 17.6 Å². The summed E-state index contributed by atoms with van der Waals surface area (Å²) in [5.74, 6) is -0.657. The minimum absolute atomic E-state index is 0.00227. The Hall–Kier alpha value is -1.57. The number of aromatic nitrogens is 2. The number of carbonyl (C=O) groups excluding carboxylic acids is 1. The molecule has 1 unspecified atom stereocenters. The van der Waals surface area contributed by atoms with E-state index in [9.17, 15) is 18.0 Å². The Bertz CT molecular complexity index is 649. The second kappa shape index (κ2) is 6.63. The fraction of sp³-hybridized carbons (Fsp3) is 0.765. The maximum atomic E-state index is 13.5. The van der Waals surface area contributed by atoms with Gasteiger partial charge in [0.2, 0.25) is 0 Å². The predicted molar refractivity (Wildman–Crippen MR) is 87.4 cm³/mol. The van der Waals surface area contributed by atoms with E-state index in [4.69, 9.17) is 0 Å². The molecule has 0 bridgehead atoms. The van der Waals surface area contributed by atoms with Crippen molar-refractivity contribution in [3.63, 3.8) is 0 Å². The molecule has 1 saturated heterocycles. The van der Waals surface area contributed by atoms with E-state index in [1.54, 1.807) is 6.92 Å². The SMILES string of the molecule is Cc1c(C(=O)NC2CC2)c(C(F)(F)F)nn1C1CCCN(C(C)C)C1. The first-order valence-electron chi connectivity index (χ1n) is 8.89. The van der Waals surface area contributed by atoms with Gasteiger partial charge in [0.1, 0.15) is 0 Å². The number of likely N-dealkylation sites (tertiary alicyclic amines) is 1. The molecule has 1 atom stereocenters. The number of amides is 1. The van der Waals surface area contributed by atoms with Gasteiger partial charge in [-0.05, 0) is 53.0 Å². The summed E-state index contributed by atoms with van der Waals surface area (Å²) in [5, 5.41) is 6.52. The Morgan fingerprint density at radius 3 is 2.52 bits per heavy atom. The van der Waals surface area contributed by atoms with Crippen LogP contribution in [0.1, 0.15) is 67.3 Å². The minimum Gasteiger partial charge on any atom is -0.349 e. The van der Waals surface area contributed by atoms with Gasteiger partial charge in [-0.3, -0.25) is 14.4 Å². The summed E-state index contributed by atoms with van der Waals surface area (Å²) in [6, 6.07) is 0.195. The zero-order chi connectivity index (χ0) is 18.4. The third kappa shape index (κ3) is 3.83. The van der Waals surface area contributed by atoms with Gasteiger partial charge >= 0.3 is 6.18 Å². The van der Waals surface area contributed by atoms with Crippen LogP contribution in [0.15, 0.2) is 0 Å². The summed E-state index contributed by atoms with van der Waals surface area (Å²) < 4.78 is 41.8. The molecule has 0 aromatic carbocycles. The standard InChI is InChI=1S/C17H25F3N4O/c1-10(2)23-8-4-5-13(9-23)24-11(3)14(15(22-24)17(18,19)20)16(25)21-12-6-7-12/h10,12-13H,4-9H2,1-3H3,(H,21,25). The molecule has 25 heavy (non-hydrogen) atoms. The van der Waals surface area contributed by atoms with Crippen LogP contribution < -0.4 is 5.32 Å². The summed E-state index contributed by atoms with van der Waals surface area (Å²) in [4.78, 5) is 14.6. The van der Waals surface area contributed by atoms with Crippen molar-refractivity contribution >= 4 is 5.91 Å². The quantitative estimate of drug-likeness (QED) is 0.900. The second-order valence-electron chi connectivity index (χ2n) is 7.38. The van der Waals surface area contributed by atoms with Crippen LogP contribution in [0.5, 0.6) is 0 Å². The number of hydrogen-bond donors (Lipinski definition) is 1. The summed E-state index contributed by atoms with van der Waals surface area (Å²) in [6.07, 6.45) is -1.31. The number of rotatable bonds is 4. The molecule has 5 nitrogen and oxygen atoms in total. The van der Waals surface area contributed by atoms with Crippen molar-refractivity contribution in [1.29, 1.82) is 0 Å². The van der Waals surface area contributed by atoms with Gasteiger partial charge in [0.05, 0.1) is 11.6 Å². The minimum atomic E-state index is -4.64. The van der Waals surface area contributed by atoms with Crippen LogP contribution in [-0.2, 0) is 6.18 Å². The zero-order valence-electron chi connectivity index (χ0n) is 14.9. The Labute approximate surface area is 145 Å². The van der Waals surface area contributed by atoms with Crippen LogP contribution in [0.4, 0.5) is 13.2 Å². The first kappa shape index (κ1) is 18.2. The highest BCUT2D eigenvalue weighted by Gasteiger charge is 2.42. The molecule has 1 aromatic rings. The molecule has 2 heterocycles. The van der Waals surface area contributed by atoms with Crippen molar-refractivity contribution in [3.05, 3.63) is 17.0 Å². The Morgan fingerprint density at radius 2 is 1.96 bits per heavy atom. The highest BCUT2D eigenvalue weighted by atomic mass is 19.4. The van der Waals surface area contributed by atoms with Gasteiger partial charge in [-0.25, -0.2) is 0 Å². The normalized spacial score (nSPS) is 22.4. The van der Waals surface area contributed by atoms with Gasteiger partial charge in [-0.2, -0.15) is 18.3 Å². The van der Waals surface area contributed by atoms with E-state index >= 15 is 0 Å². The highest BCUT2D eigenvalue weighted by molar-refractivity contribution is 5.97. The smallest absolute Gasteiger partial charge is 0.349 e. The number of alkyl halides is 3. The molecule has 3 rings (SSSR count). The lowest BCUT2D eigenvalue weighted by Crippen LogP contribution is -2.41. The monoisotopic (exact) mass is 358 g/mol. The third-order valence-electron chi connectivity index (χ3n) is 5.06. The molecule has 8 heteroatoms. The summed E-state index contributed by atoms with van der Waals surface area (Å²) in [6.45, 7) is 7.32. The van der Waals surface area contributed by atoms with Gasteiger partial charge in [0.25, 0.3) is 5.91 Å². The lowest BCUT2D eigenvalue weighted by molar-refractivity contribution is -0.142. The van der Waals surface area contributed by atoms with Gasteiger partial charge in [-0.15, -0.1) is 0 Å². The fourth-order valence-electron chi connectivity index (χ4n) is 3.48. The van der Waals surface area contributed by atoms with Gasteiger partial charge < -0.3 is 5.32 Å². The predicted octanol–water partition coefficient (Wildman–Crippen LogP) is 3.15. The Balaban J connectivity index is 1.94. The number of halogens is 3. The van der Waals surface area contributed by atoms with Crippen molar-refractivity contribution in [2.45, 2.75) is 70.8 Å². The maximum Gasteiger partial charge on any atom is 0.435 e. The lowest BCUT2D eigenvalue weighted by atomic mass is 10.0. The third-order valence-corrected chi connectivity index (χ3v) is 5.06.